The minimum absolute atomic E-state index is 0.0115. The van der Waals surface area contributed by atoms with Crippen LogP contribution in [0.3, 0.4) is 0 Å². The van der Waals surface area contributed by atoms with Crippen molar-refractivity contribution >= 4 is 0 Å². The highest BCUT2D eigenvalue weighted by Gasteiger charge is 2.43. The highest BCUT2D eigenvalue weighted by molar-refractivity contribution is 4.93. The molecule has 3 unspecified atom stereocenters. The van der Waals surface area contributed by atoms with Gasteiger partial charge >= 0.3 is 0 Å². The van der Waals surface area contributed by atoms with Crippen molar-refractivity contribution in [3.05, 3.63) is 0 Å². The van der Waals surface area contributed by atoms with E-state index in [1.54, 1.807) is 0 Å². The summed E-state index contributed by atoms with van der Waals surface area (Å²) in [5.74, 6) is 0.347. The number of hydrogen-bond donors (Lipinski definition) is 1. The maximum atomic E-state index is 10.1. The molecule has 0 radical (unpaired) electrons. The Bertz CT molecular complexity index is 136. The molecule has 0 saturated carbocycles. The molecule has 0 amide bonds. The summed E-state index contributed by atoms with van der Waals surface area (Å²) in [5.41, 5.74) is -0.561. The van der Waals surface area contributed by atoms with Crippen LogP contribution in [-0.2, 0) is 4.74 Å². The van der Waals surface area contributed by atoms with Crippen LogP contribution in [0.15, 0.2) is 0 Å². The van der Waals surface area contributed by atoms with Crippen molar-refractivity contribution in [2.75, 3.05) is 6.61 Å². The molecule has 0 aromatic rings. The first-order valence-corrected chi connectivity index (χ1v) is 4.45. The fraction of sp³-hybridized carbons (Fsp3) is 1.00. The van der Waals surface area contributed by atoms with Crippen molar-refractivity contribution in [1.29, 1.82) is 0 Å². The van der Waals surface area contributed by atoms with Crippen molar-refractivity contribution in [3.8, 4) is 0 Å². The Balaban J connectivity index is 2.64. The molecule has 11 heavy (non-hydrogen) atoms. The van der Waals surface area contributed by atoms with E-state index in [2.05, 4.69) is 13.8 Å². The topological polar surface area (TPSA) is 29.5 Å². The average Bonchev–Trinajstić information content (AvgIpc) is 2.32. The molecule has 1 saturated heterocycles. The molecule has 1 N–H and O–H groups in total. The molecule has 0 aromatic heterocycles. The summed E-state index contributed by atoms with van der Waals surface area (Å²) < 4.78 is 5.34. The first kappa shape index (κ1) is 9.01. The first-order valence-electron chi connectivity index (χ1n) is 4.45. The lowest BCUT2D eigenvalue weighted by molar-refractivity contribution is -0.0651. The minimum atomic E-state index is -0.561. The average molecular weight is 158 g/mol. The molecule has 0 aromatic carbocycles. The number of hydrogen-bond acceptors (Lipinski definition) is 2. The van der Waals surface area contributed by atoms with Crippen LogP contribution in [0, 0.1) is 5.92 Å². The summed E-state index contributed by atoms with van der Waals surface area (Å²) in [4.78, 5) is 0. The zero-order chi connectivity index (χ0) is 8.48. The van der Waals surface area contributed by atoms with Gasteiger partial charge in [0.1, 0.15) is 0 Å². The van der Waals surface area contributed by atoms with Crippen LogP contribution in [0.5, 0.6) is 0 Å². The van der Waals surface area contributed by atoms with Gasteiger partial charge in [0, 0.05) is 13.0 Å². The van der Waals surface area contributed by atoms with Gasteiger partial charge in [-0.05, 0) is 12.8 Å². The van der Waals surface area contributed by atoms with Gasteiger partial charge in [-0.25, -0.2) is 0 Å². The fourth-order valence-electron chi connectivity index (χ4n) is 1.75. The third-order valence-corrected chi connectivity index (χ3v) is 3.04. The normalized spacial score (nSPS) is 40.9. The molecular formula is C9H18O2. The van der Waals surface area contributed by atoms with Gasteiger partial charge in [-0.2, -0.15) is 0 Å². The zero-order valence-corrected chi connectivity index (χ0v) is 7.63. The molecule has 0 aliphatic carbocycles. The molecule has 2 heteroatoms. The molecule has 66 valence electrons. The summed E-state index contributed by atoms with van der Waals surface area (Å²) in [6, 6.07) is 0. The minimum Gasteiger partial charge on any atom is -0.387 e. The largest absolute Gasteiger partial charge is 0.387 e. The van der Waals surface area contributed by atoms with E-state index in [1.807, 2.05) is 6.92 Å². The highest BCUT2D eigenvalue weighted by atomic mass is 16.5. The predicted octanol–water partition coefficient (Wildman–Crippen LogP) is 1.57. The van der Waals surface area contributed by atoms with Gasteiger partial charge in [0.2, 0.25) is 0 Å². The van der Waals surface area contributed by atoms with Crippen LogP contribution < -0.4 is 0 Å². The maximum Gasteiger partial charge on any atom is 0.0952 e. The Kier molecular flexibility index (Phi) is 2.55. The Hall–Kier alpha value is -0.0800. The molecule has 0 bridgehead atoms. The third-order valence-electron chi connectivity index (χ3n) is 3.04. The molecule has 1 heterocycles. The van der Waals surface area contributed by atoms with Crippen molar-refractivity contribution < 1.29 is 9.84 Å². The van der Waals surface area contributed by atoms with Gasteiger partial charge in [0.05, 0.1) is 11.7 Å². The second kappa shape index (κ2) is 3.11. The Morgan fingerprint density at radius 3 is 2.73 bits per heavy atom. The molecule has 2 nitrogen and oxygen atoms in total. The molecule has 1 aliphatic heterocycles. The fourth-order valence-corrected chi connectivity index (χ4v) is 1.75. The van der Waals surface area contributed by atoms with E-state index in [0.29, 0.717) is 12.5 Å². The van der Waals surface area contributed by atoms with Crippen molar-refractivity contribution in [2.45, 2.75) is 45.3 Å². The van der Waals surface area contributed by atoms with E-state index in [1.165, 1.54) is 0 Å². The summed E-state index contributed by atoms with van der Waals surface area (Å²) in [6.07, 6.45) is 1.82. The lowest BCUT2D eigenvalue weighted by atomic mass is 9.82. The lowest BCUT2D eigenvalue weighted by Gasteiger charge is -2.31. The predicted molar refractivity (Wildman–Crippen MR) is 44.4 cm³/mol. The second-order valence-corrected chi connectivity index (χ2v) is 3.56. The van der Waals surface area contributed by atoms with Gasteiger partial charge in [0.15, 0.2) is 0 Å². The third kappa shape index (κ3) is 1.42. The number of rotatable bonds is 2. The van der Waals surface area contributed by atoms with Crippen LogP contribution in [-0.4, -0.2) is 23.4 Å². The van der Waals surface area contributed by atoms with E-state index < -0.39 is 5.60 Å². The Labute approximate surface area is 68.6 Å². The van der Waals surface area contributed by atoms with Crippen LogP contribution in [0.25, 0.3) is 0 Å². The summed E-state index contributed by atoms with van der Waals surface area (Å²) >= 11 is 0. The van der Waals surface area contributed by atoms with Crippen molar-refractivity contribution in [3.63, 3.8) is 0 Å². The zero-order valence-electron chi connectivity index (χ0n) is 7.63. The molecule has 1 fully saturated rings. The first-order chi connectivity index (χ1) is 5.11. The van der Waals surface area contributed by atoms with Crippen LogP contribution in [0.4, 0.5) is 0 Å². The van der Waals surface area contributed by atoms with Crippen LogP contribution in [0.1, 0.15) is 33.6 Å². The van der Waals surface area contributed by atoms with Crippen molar-refractivity contribution in [2.24, 2.45) is 5.92 Å². The van der Waals surface area contributed by atoms with Crippen LogP contribution >= 0.6 is 0 Å². The summed E-state index contributed by atoms with van der Waals surface area (Å²) in [5, 5.41) is 10.1. The van der Waals surface area contributed by atoms with E-state index in [4.69, 9.17) is 4.74 Å². The molecular weight excluding hydrogens is 140 g/mol. The quantitative estimate of drug-likeness (QED) is 0.661. The van der Waals surface area contributed by atoms with Gasteiger partial charge in [-0.1, -0.05) is 20.3 Å². The standard InChI is InChI=1S/C9H18O2/c1-4-7(2)9(10)5-6-11-8(9)3/h7-8,10H,4-6H2,1-3H3. The van der Waals surface area contributed by atoms with E-state index >= 15 is 0 Å². The van der Waals surface area contributed by atoms with Gasteiger partial charge < -0.3 is 9.84 Å². The maximum absolute atomic E-state index is 10.1. The van der Waals surface area contributed by atoms with E-state index in [-0.39, 0.29) is 6.10 Å². The molecule has 1 rings (SSSR count). The molecule has 1 aliphatic rings. The van der Waals surface area contributed by atoms with E-state index in [0.717, 1.165) is 12.8 Å². The Morgan fingerprint density at radius 1 is 1.73 bits per heavy atom. The van der Waals surface area contributed by atoms with Crippen molar-refractivity contribution in [1.82, 2.24) is 0 Å². The second-order valence-electron chi connectivity index (χ2n) is 3.56. The van der Waals surface area contributed by atoms with Gasteiger partial charge in [0.25, 0.3) is 0 Å². The summed E-state index contributed by atoms with van der Waals surface area (Å²) in [7, 11) is 0. The van der Waals surface area contributed by atoms with E-state index in [9.17, 15) is 5.11 Å². The van der Waals surface area contributed by atoms with Gasteiger partial charge in [-0.3, -0.25) is 0 Å². The molecule has 0 spiro atoms. The van der Waals surface area contributed by atoms with Gasteiger partial charge in [-0.15, -0.1) is 0 Å². The summed E-state index contributed by atoms with van der Waals surface area (Å²) in [6.45, 7) is 6.86. The Morgan fingerprint density at radius 2 is 2.36 bits per heavy atom. The smallest absolute Gasteiger partial charge is 0.0952 e. The monoisotopic (exact) mass is 158 g/mol. The number of aliphatic hydroxyl groups is 1. The number of ether oxygens (including phenoxy) is 1. The highest BCUT2D eigenvalue weighted by Crippen LogP contribution is 2.34. The SMILES string of the molecule is CCC(C)C1(O)CCOC1C. The lowest BCUT2D eigenvalue weighted by Crippen LogP contribution is -2.42. The van der Waals surface area contributed by atoms with Crippen LogP contribution in [0.2, 0.25) is 0 Å². The molecule has 3 atom stereocenters.